The molecule has 0 saturated heterocycles. The zero-order valence-electron chi connectivity index (χ0n) is 37.6. The minimum absolute atomic E-state index is 0. The van der Waals surface area contributed by atoms with E-state index in [2.05, 4.69) is 201 Å². The molecule has 0 fully saturated rings. The Morgan fingerprint density at radius 1 is 0.569 bits per heavy atom. The predicted molar refractivity (Wildman–Crippen MR) is 262 cm³/mol. The van der Waals surface area contributed by atoms with Crippen LogP contribution in [0.2, 0.25) is 0 Å². The van der Waals surface area contributed by atoms with Crippen molar-refractivity contribution in [1.29, 1.82) is 0 Å². The van der Waals surface area contributed by atoms with E-state index < -0.39 is 0 Å². The zero-order valence-corrected chi connectivity index (χ0v) is 39.9. The molecule has 10 aromatic rings. The molecule has 0 aliphatic heterocycles. The summed E-state index contributed by atoms with van der Waals surface area (Å²) in [4.78, 5) is 4.98. The average Bonchev–Trinajstić information content (AvgIpc) is 3.92. The van der Waals surface area contributed by atoms with Crippen LogP contribution >= 0.6 is 0 Å². The maximum absolute atomic E-state index is 6.64. The van der Waals surface area contributed by atoms with Crippen LogP contribution in [0.1, 0.15) is 58.2 Å². The maximum Gasteiger partial charge on any atom is 2.00 e. The van der Waals surface area contributed by atoms with Crippen LogP contribution in [-0.2, 0) is 31.9 Å². The summed E-state index contributed by atoms with van der Waals surface area (Å²) < 4.78 is 10.9. The number of aryl methyl sites for hydroxylation is 1. The Bertz CT molecular complexity index is 3280. The second kappa shape index (κ2) is 17.2. The number of ether oxygens (including phenoxy) is 1. The van der Waals surface area contributed by atoms with Crippen molar-refractivity contribution >= 4 is 21.8 Å². The van der Waals surface area contributed by atoms with E-state index in [-0.39, 0.29) is 31.9 Å². The summed E-state index contributed by atoms with van der Waals surface area (Å²) in [6.45, 7) is 15.8. The average molecular weight is 1030 g/mol. The molecule has 6 nitrogen and oxygen atoms in total. The van der Waals surface area contributed by atoms with Crippen LogP contribution in [0.4, 0.5) is 0 Å². The van der Waals surface area contributed by atoms with Gasteiger partial charge in [-0.25, -0.2) is 4.98 Å². The third kappa shape index (κ3) is 8.35. The molecule has 0 aliphatic rings. The molecule has 3 aromatic heterocycles. The summed E-state index contributed by atoms with van der Waals surface area (Å²) >= 11 is 0. The van der Waals surface area contributed by atoms with Crippen LogP contribution in [-0.4, -0.2) is 24.3 Å². The van der Waals surface area contributed by atoms with Crippen LogP contribution in [0.15, 0.2) is 170 Å². The number of hydrogen-bond acceptors (Lipinski definition) is 4. The number of nitrogens with zero attached hydrogens (tertiary/aromatic N) is 5. The number of rotatable bonds is 8. The molecular weight excluding hydrogens is 978 g/mol. The molecule has 10 rings (SSSR count). The van der Waals surface area contributed by atoms with Crippen molar-refractivity contribution in [3.63, 3.8) is 0 Å². The molecule has 3 heterocycles. The van der Waals surface area contributed by atoms with E-state index in [1.165, 1.54) is 16.7 Å². The Morgan fingerprint density at radius 3 is 1.94 bits per heavy atom. The van der Waals surface area contributed by atoms with Gasteiger partial charge in [0, 0.05) is 34.3 Å². The molecule has 0 N–H and O–H groups in total. The molecule has 0 bridgehead atoms. The minimum Gasteiger partial charge on any atom is -0.503 e. The number of pyridine rings is 1. The quantitative estimate of drug-likeness (QED) is 0.142. The smallest absolute Gasteiger partial charge is 0.503 e. The van der Waals surface area contributed by atoms with Crippen LogP contribution < -0.4 is 4.74 Å². The van der Waals surface area contributed by atoms with Gasteiger partial charge in [0.25, 0.3) is 0 Å². The third-order valence-electron chi connectivity index (χ3n) is 12.0. The first-order chi connectivity index (χ1) is 30.9. The van der Waals surface area contributed by atoms with Gasteiger partial charge in [0.15, 0.2) is 0 Å². The van der Waals surface area contributed by atoms with Crippen LogP contribution in [0.25, 0.3) is 78.1 Å². The van der Waals surface area contributed by atoms with Gasteiger partial charge >= 0.3 is 21.1 Å². The fourth-order valence-electron chi connectivity index (χ4n) is 8.82. The molecule has 0 radical (unpaired) electrons. The molecule has 7 aromatic carbocycles. The Balaban J connectivity index is 0.00000533. The van der Waals surface area contributed by atoms with Crippen LogP contribution in [0.3, 0.4) is 0 Å². The molecule has 0 spiro atoms. The second-order valence-corrected chi connectivity index (χ2v) is 18.6. The monoisotopic (exact) mass is 1030 g/mol. The molecule has 7 heteroatoms. The zero-order chi connectivity index (χ0) is 44.2. The van der Waals surface area contributed by atoms with E-state index in [1.807, 2.05) is 42.6 Å². The van der Waals surface area contributed by atoms with Gasteiger partial charge in [-0.3, -0.25) is 0 Å². The summed E-state index contributed by atoms with van der Waals surface area (Å²) in [6.07, 6.45) is 3.70. The molecule has 322 valence electrons. The van der Waals surface area contributed by atoms with Crippen molar-refractivity contribution in [1.82, 2.24) is 24.3 Å². The van der Waals surface area contributed by atoms with Gasteiger partial charge in [-0.15, -0.1) is 46.4 Å². The Morgan fingerprint density at radius 2 is 1.25 bits per heavy atom. The van der Waals surface area contributed by atoms with Crippen molar-refractivity contribution in [2.75, 3.05) is 0 Å². The third-order valence-corrected chi connectivity index (χ3v) is 12.0. The fraction of sp³-hybridized carbons (Fsp3) is 0.155. The molecule has 0 atom stereocenters. The molecule has 65 heavy (non-hydrogen) atoms. The Hall–Kier alpha value is -6.88. The second-order valence-electron chi connectivity index (χ2n) is 18.6. The number of hydrogen-bond donors (Lipinski definition) is 0. The Labute approximate surface area is 395 Å². The van der Waals surface area contributed by atoms with E-state index in [4.69, 9.17) is 9.72 Å². The summed E-state index contributed by atoms with van der Waals surface area (Å²) in [5.74, 6) is 2.56. The van der Waals surface area contributed by atoms with Crippen molar-refractivity contribution in [3.8, 4) is 67.8 Å². The standard InChI is InChI=1S/C58H49N5O.Pt/c1-38-31-49(39-17-10-8-11-18-39)55(50(32-38)40-19-12-9-13-20-40)62-37-60-61-56(62)42-21-16-22-44(33-42)64-45-26-28-48-47-23-14-15-24-52(47)63(53(48)36-45)54-34-41(29-30-59-54)46-27-25-43(57(2,3)4)35-51(46)58(5,6)7;/h8-32,34-35,37H,1-7H3;/q-2;+2. The van der Waals surface area contributed by atoms with Gasteiger partial charge in [0.05, 0.1) is 11.5 Å². The number of aromatic nitrogens is 5. The van der Waals surface area contributed by atoms with Gasteiger partial charge in [0.2, 0.25) is 0 Å². The van der Waals surface area contributed by atoms with E-state index in [1.54, 1.807) is 6.33 Å². The van der Waals surface area contributed by atoms with Crippen molar-refractivity contribution in [3.05, 3.63) is 199 Å². The van der Waals surface area contributed by atoms with Crippen molar-refractivity contribution in [2.45, 2.75) is 59.3 Å². The minimum atomic E-state index is -0.0617. The molecular formula is C58H49N5OPt. The fourth-order valence-corrected chi connectivity index (χ4v) is 8.82. The van der Waals surface area contributed by atoms with Gasteiger partial charge in [-0.2, -0.15) is 11.2 Å². The summed E-state index contributed by atoms with van der Waals surface area (Å²) in [5.41, 5.74) is 14.1. The van der Waals surface area contributed by atoms with Gasteiger partial charge < -0.3 is 13.9 Å². The summed E-state index contributed by atoms with van der Waals surface area (Å²) in [6, 6.07) is 62.2. The normalized spacial score (nSPS) is 11.8. The van der Waals surface area contributed by atoms with Crippen molar-refractivity contribution < 1.29 is 25.8 Å². The summed E-state index contributed by atoms with van der Waals surface area (Å²) in [7, 11) is 0. The number of benzene rings is 7. The molecule has 0 amide bonds. The largest absolute Gasteiger partial charge is 2.00 e. The molecule has 0 aliphatic carbocycles. The van der Waals surface area contributed by atoms with E-state index in [0.29, 0.717) is 17.3 Å². The van der Waals surface area contributed by atoms with Crippen LogP contribution in [0.5, 0.6) is 11.5 Å². The first kappa shape index (κ1) is 43.4. The molecule has 0 saturated carbocycles. The summed E-state index contributed by atoms with van der Waals surface area (Å²) in [5, 5.41) is 11.3. The predicted octanol–water partition coefficient (Wildman–Crippen LogP) is 14.7. The van der Waals surface area contributed by atoms with Gasteiger partial charge in [-0.05, 0) is 92.4 Å². The van der Waals surface area contributed by atoms with Gasteiger partial charge in [0.1, 0.15) is 12.1 Å². The molecule has 0 unspecified atom stereocenters. The first-order valence-electron chi connectivity index (χ1n) is 21.8. The number of fused-ring (bicyclic) bond motifs is 3. The first-order valence-corrected chi connectivity index (χ1v) is 21.8. The Kier molecular flexibility index (Phi) is 11.5. The maximum atomic E-state index is 6.64. The van der Waals surface area contributed by atoms with Crippen LogP contribution in [0, 0.1) is 19.1 Å². The van der Waals surface area contributed by atoms with E-state index in [9.17, 15) is 0 Å². The van der Waals surface area contributed by atoms with E-state index >= 15 is 0 Å². The van der Waals surface area contributed by atoms with Gasteiger partial charge in [-0.1, -0.05) is 150 Å². The van der Waals surface area contributed by atoms with Crippen molar-refractivity contribution in [2.24, 2.45) is 0 Å². The SMILES string of the molecule is Cc1cc(-c2ccccc2)c(-n2cnnc2-c2[c-]c(Oc3[c-]c4c(cc3)c3ccccc3n4-c3cc(-c4ccc(C(C)(C)C)cc4C(C)(C)C)ccn3)ccc2)c(-c2ccccc2)c1.[Pt+2]. The van der Waals surface area contributed by atoms with E-state index in [0.717, 1.165) is 72.3 Å². The topological polar surface area (TPSA) is 57.8 Å². The number of para-hydroxylation sites is 1.